The molecule has 1 aromatic carbocycles. The fourth-order valence-electron chi connectivity index (χ4n) is 4.89. The molecule has 0 radical (unpaired) electrons. The minimum atomic E-state index is -0.984. The van der Waals surface area contributed by atoms with Crippen LogP contribution in [0.4, 0.5) is 16.6 Å². The molecular formula is C27H33N7O3. The third-order valence-corrected chi connectivity index (χ3v) is 6.68. The molecule has 2 aromatic heterocycles. The third kappa shape index (κ3) is 5.32. The number of carbonyl (C=O) groups excluding carboxylic acids is 3. The summed E-state index contributed by atoms with van der Waals surface area (Å²) in [6, 6.07) is 11.3. The monoisotopic (exact) mass is 503 g/mol. The van der Waals surface area contributed by atoms with Crippen molar-refractivity contribution in [3.8, 4) is 0 Å². The number of carbonyl (C=O) groups is 3. The lowest BCUT2D eigenvalue weighted by atomic mass is 9.81. The molecule has 3 heterocycles. The van der Waals surface area contributed by atoms with Crippen molar-refractivity contribution >= 4 is 29.6 Å². The van der Waals surface area contributed by atoms with Gasteiger partial charge in [-0.15, -0.1) is 0 Å². The summed E-state index contributed by atoms with van der Waals surface area (Å²) in [4.78, 5) is 51.4. The summed E-state index contributed by atoms with van der Waals surface area (Å²) in [6.45, 7) is 3.85. The average molecular weight is 504 g/mol. The van der Waals surface area contributed by atoms with Crippen LogP contribution >= 0.6 is 0 Å². The van der Waals surface area contributed by atoms with E-state index in [4.69, 9.17) is 5.73 Å². The summed E-state index contributed by atoms with van der Waals surface area (Å²) in [5.74, 6) is -0.751. The van der Waals surface area contributed by atoms with Gasteiger partial charge in [0.05, 0.1) is 12.0 Å². The zero-order valence-corrected chi connectivity index (χ0v) is 21.6. The number of hydrogen-bond donors (Lipinski definition) is 2. The smallest absolute Gasteiger partial charge is 0.325 e. The number of benzene rings is 1. The van der Waals surface area contributed by atoms with Crippen LogP contribution in [-0.4, -0.2) is 50.4 Å². The molecule has 1 aliphatic heterocycles. The molecule has 37 heavy (non-hydrogen) atoms. The van der Waals surface area contributed by atoms with Crippen LogP contribution in [-0.2, 0) is 23.1 Å². The number of nitrogens with two attached hydrogens (primary N) is 1. The zero-order valence-electron chi connectivity index (χ0n) is 21.6. The summed E-state index contributed by atoms with van der Waals surface area (Å²) < 4.78 is 1.71. The number of likely N-dealkylation sites (N-methyl/N-ethyl adjacent to an activating group) is 1. The standard InChI is InChI=1S/C27H33N7O3/c1-5-9-21(19-10-7-6-8-11-19)31-27(37)34-23(25(36)33(4)26-29-12-13-32(26)3)20(24(34)35)15-18-14-17(2)30-22(28)16-18/h6-8,10-14,16,20-21,23H,5,9,15H2,1-4H3,(H2,28,30)(H,31,37)/t20-,21-,23+/m1/s1. The molecule has 3 N–H and O–H groups in total. The quantitative estimate of drug-likeness (QED) is 0.455. The first-order valence-electron chi connectivity index (χ1n) is 12.4. The molecule has 4 rings (SSSR count). The number of nitrogen functional groups attached to an aromatic ring is 1. The van der Waals surface area contributed by atoms with Crippen LogP contribution in [0.1, 0.15) is 42.6 Å². The van der Waals surface area contributed by atoms with Crippen molar-refractivity contribution in [3.05, 3.63) is 71.7 Å². The first kappa shape index (κ1) is 25.9. The van der Waals surface area contributed by atoms with Crippen LogP contribution in [0.3, 0.4) is 0 Å². The van der Waals surface area contributed by atoms with E-state index >= 15 is 0 Å². The Kier molecular flexibility index (Phi) is 7.56. The van der Waals surface area contributed by atoms with Crippen molar-refractivity contribution in [1.82, 2.24) is 24.8 Å². The summed E-state index contributed by atoms with van der Waals surface area (Å²) in [5, 5.41) is 2.98. The Morgan fingerprint density at radius 3 is 2.57 bits per heavy atom. The van der Waals surface area contributed by atoms with Crippen LogP contribution in [0.25, 0.3) is 0 Å². The highest BCUT2D eigenvalue weighted by Gasteiger charge is 2.55. The number of aryl methyl sites for hydroxylation is 2. The van der Waals surface area contributed by atoms with Gasteiger partial charge in [-0.1, -0.05) is 43.7 Å². The molecule has 1 fully saturated rings. The predicted octanol–water partition coefficient (Wildman–Crippen LogP) is 2.99. The summed E-state index contributed by atoms with van der Waals surface area (Å²) in [7, 11) is 3.37. The molecule has 10 heteroatoms. The van der Waals surface area contributed by atoms with Gasteiger partial charge >= 0.3 is 6.03 Å². The van der Waals surface area contributed by atoms with Gasteiger partial charge < -0.3 is 15.6 Å². The maximum atomic E-state index is 13.7. The van der Waals surface area contributed by atoms with Gasteiger partial charge in [0.15, 0.2) is 0 Å². The Morgan fingerprint density at radius 1 is 1.22 bits per heavy atom. The molecule has 1 aliphatic rings. The van der Waals surface area contributed by atoms with Crippen LogP contribution in [0.5, 0.6) is 0 Å². The number of pyridine rings is 1. The number of likely N-dealkylation sites (tertiary alicyclic amines) is 1. The van der Waals surface area contributed by atoms with E-state index in [0.29, 0.717) is 18.2 Å². The normalized spacial score (nSPS) is 17.7. The van der Waals surface area contributed by atoms with Crippen molar-refractivity contribution in [3.63, 3.8) is 0 Å². The molecule has 0 spiro atoms. The Morgan fingerprint density at radius 2 is 1.95 bits per heavy atom. The van der Waals surface area contributed by atoms with Gasteiger partial charge in [0.2, 0.25) is 11.9 Å². The molecule has 0 saturated carbocycles. The van der Waals surface area contributed by atoms with E-state index < -0.39 is 23.9 Å². The summed E-state index contributed by atoms with van der Waals surface area (Å²) in [6.07, 6.45) is 5.11. The second-order valence-corrected chi connectivity index (χ2v) is 9.44. The molecule has 3 aromatic rings. The molecular weight excluding hydrogens is 470 g/mol. The fourth-order valence-corrected chi connectivity index (χ4v) is 4.89. The highest BCUT2D eigenvalue weighted by atomic mass is 16.2. The lowest BCUT2D eigenvalue weighted by Crippen LogP contribution is -2.70. The van der Waals surface area contributed by atoms with E-state index in [0.717, 1.165) is 28.1 Å². The van der Waals surface area contributed by atoms with Crippen molar-refractivity contribution in [2.75, 3.05) is 17.7 Å². The van der Waals surface area contributed by atoms with E-state index in [9.17, 15) is 14.4 Å². The summed E-state index contributed by atoms with van der Waals surface area (Å²) >= 11 is 0. The van der Waals surface area contributed by atoms with Crippen molar-refractivity contribution in [2.45, 2.75) is 45.2 Å². The average Bonchev–Trinajstić information content (AvgIpc) is 3.30. The van der Waals surface area contributed by atoms with Crippen LogP contribution in [0.15, 0.2) is 54.9 Å². The van der Waals surface area contributed by atoms with E-state index in [1.165, 1.54) is 4.90 Å². The van der Waals surface area contributed by atoms with Gasteiger partial charge in [0.1, 0.15) is 11.9 Å². The second kappa shape index (κ2) is 10.8. The largest absolute Gasteiger partial charge is 0.384 e. The van der Waals surface area contributed by atoms with Gasteiger partial charge in [0.25, 0.3) is 5.91 Å². The highest BCUT2D eigenvalue weighted by molar-refractivity contribution is 6.12. The molecule has 194 valence electrons. The van der Waals surface area contributed by atoms with Crippen molar-refractivity contribution < 1.29 is 14.4 Å². The highest BCUT2D eigenvalue weighted by Crippen LogP contribution is 2.33. The topological polar surface area (TPSA) is 126 Å². The molecule has 10 nitrogen and oxygen atoms in total. The minimum Gasteiger partial charge on any atom is -0.384 e. The maximum absolute atomic E-state index is 13.7. The SMILES string of the molecule is CCC[C@@H](NC(=O)N1C(=O)[C@H](Cc2cc(C)nc(N)c2)[C@H]1C(=O)N(C)c1nccn1C)c1ccccc1. The Hall–Kier alpha value is -4.21. The fraction of sp³-hybridized carbons (Fsp3) is 0.370. The van der Waals surface area contributed by atoms with Gasteiger partial charge in [-0.25, -0.2) is 14.8 Å². The zero-order chi connectivity index (χ0) is 26.7. The Balaban J connectivity index is 1.62. The summed E-state index contributed by atoms with van der Waals surface area (Å²) in [5.41, 5.74) is 8.36. The van der Waals surface area contributed by atoms with Gasteiger partial charge in [-0.2, -0.15) is 0 Å². The second-order valence-electron chi connectivity index (χ2n) is 9.44. The van der Waals surface area contributed by atoms with Gasteiger partial charge in [0, 0.05) is 32.2 Å². The number of imide groups is 1. The van der Waals surface area contributed by atoms with Gasteiger partial charge in [-0.3, -0.25) is 19.4 Å². The maximum Gasteiger partial charge on any atom is 0.325 e. The number of anilines is 2. The van der Waals surface area contributed by atoms with E-state index in [1.807, 2.05) is 50.2 Å². The molecule has 0 unspecified atom stereocenters. The Labute approximate surface area is 216 Å². The number of hydrogen-bond acceptors (Lipinski definition) is 6. The predicted molar refractivity (Wildman–Crippen MR) is 140 cm³/mol. The number of nitrogens with one attached hydrogen (secondary N) is 1. The number of nitrogens with zero attached hydrogens (tertiary/aromatic N) is 5. The lowest BCUT2D eigenvalue weighted by molar-refractivity contribution is -0.156. The molecule has 1 saturated heterocycles. The van der Waals surface area contributed by atoms with Crippen LogP contribution < -0.4 is 16.0 Å². The number of rotatable bonds is 8. The number of urea groups is 1. The first-order valence-corrected chi connectivity index (χ1v) is 12.4. The number of imidazole rings is 1. The van der Waals surface area contributed by atoms with Gasteiger partial charge in [-0.05, 0) is 43.0 Å². The van der Waals surface area contributed by atoms with Crippen molar-refractivity contribution in [2.24, 2.45) is 13.0 Å². The van der Waals surface area contributed by atoms with E-state index in [2.05, 4.69) is 15.3 Å². The first-order chi connectivity index (χ1) is 17.7. The number of amides is 4. The molecule has 0 aliphatic carbocycles. The molecule has 3 atom stereocenters. The Bertz CT molecular complexity index is 1270. The van der Waals surface area contributed by atoms with Crippen LogP contribution in [0.2, 0.25) is 0 Å². The van der Waals surface area contributed by atoms with Crippen LogP contribution in [0, 0.1) is 12.8 Å². The van der Waals surface area contributed by atoms with Crippen molar-refractivity contribution in [1.29, 1.82) is 0 Å². The number of aromatic nitrogens is 3. The van der Waals surface area contributed by atoms with E-state index in [1.54, 1.807) is 37.1 Å². The molecule has 0 bridgehead atoms. The lowest BCUT2D eigenvalue weighted by Gasteiger charge is -2.45. The molecule has 4 amide bonds. The third-order valence-electron chi connectivity index (χ3n) is 6.68. The van der Waals surface area contributed by atoms with E-state index in [-0.39, 0.29) is 18.4 Å². The minimum absolute atomic E-state index is 0.262. The number of β-lactam (4-membered cyclic amide) rings is 1.